The van der Waals surface area contributed by atoms with Crippen LogP contribution in [0.1, 0.15) is 28.4 Å². The van der Waals surface area contributed by atoms with Crippen LogP contribution in [0.3, 0.4) is 0 Å². The number of fused-ring (bicyclic) bond motifs is 1. The van der Waals surface area contributed by atoms with E-state index in [0.717, 1.165) is 5.56 Å². The van der Waals surface area contributed by atoms with E-state index in [4.69, 9.17) is 4.65 Å². The van der Waals surface area contributed by atoms with Crippen LogP contribution in [-0.4, -0.2) is 40.0 Å². The molecule has 8 heteroatoms. The van der Waals surface area contributed by atoms with E-state index in [-0.39, 0.29) is 29.6 Å². The van der Waals surface area contributed by atoms with Crippen molar-refractivity contribution in [3.8, 4) is 17.2 Å². The number of ketones is 1. The van der Waals surface area contributed by atoms with Crippen molar-refractivity contribution in [1.29, 1.82) is 0 Å². The van der Waals surface area contributed by atoms with Crippen molar-refractivity contribution in [2.75, 3.05) is 0 Å². The van der Waals surface area contributed by atoms with Crippen molar-refractivity contribution in [2.45, 2.75) is 25.7 Å². The van der Waals surface area contributed by atoms with Crippen LogP contribution in [0, 0.1) is 0 Å². The third-order valence-electron chi connectivity index (χ3n) is 4.25. The van der Waals surface area contributed by atoms with Gasteiger partial charge in [0.1, 0.15) is 5.75 Å². The van der Waals surface area contributed by atoms with Crippen molar-refractivity contribution < 1.29 is 29.5 Å². The summed E-state index contributed by atoms with van der Waals surface area (Å²) in [4.78, 5) is 23.9. The van der Waals surface area contributed by atoms with Gasteiger partial charge in [-0.05, 0) is 42.7 Å². The topological polar surface area (TPSA) is 116 Å². The van der Waals surface area contributed by atoms with Crippen LogP contribution in [0.25, 0.3) is 0 Å². The highest BCUT2D eigenvalue weighted by Gasteiger charge is 2.37. The zero-order valence-electron chi connectivity index (χ0n) is 14.1. The fourth-order valence-corrected chi connectivity index (χ4v) is 2.95. The summed E-state index contributed by atoms with van der Waals surface area (Å²) in [5, 5.41) is 31.7. The molecule has 134 valence electrons. The first-order valence-electron chi connectivity index (χ1n) is 8.13. The predicted octanol–water partition coefficient (Wildman–Crippen LogP) is 0.982. The SMILES string of the molecule is CC(=O)c1cccc2c1OB(O)[C@@H](NC(=O)Cc1ccc(O)c(O)c1)C2. The minimum absolute atomic E-state index is 0.0304. The monoisotopic (exact) mass is 355 g/mol. The van der Waals surface area contributed by atoms with E-state index in [0.29, 0.717) is 23.3 Å². The van der Waals surface area contributed by atoms with Gasteiger partial charge in [0.15, 0.2) is 17.3 Å². The zero-order chi connectivity index (χ0) is 18.8. The summed E-state index contributed by atoms with van der Waals surface area (Å²) in [6.07, 6.45) is 0.293. The molecule has 4 N–H and O–H groups in total. The molecule has 1 heterocycles. The van der Waals surface area contributed by atoms with Crippen molar-refractivity contribution in [2.24, 2.45) is 0 Å². The molecule has 2 aromatic carbocycles. The summed E-state index contributed by atoms with van der Waals surface area (Å²) in [6, 6.07) is 9.27. The molecule has 0 radical (unpaired) electrons. The lowest BCUT2D eigenvalue weighted by molar-refractivity contribution is -0.120. The van der Waals surface area contributed by atoms with Gasteiger partial charge in [0, 0.05) is 0 Å². The lowest BCUT2D eigenvalue weighted by Gasteiger charge is -2.29. The Bertz CT molecular complexity index is 869. The quantitative estimate of drug-likeness (QED) is 0.369. The molecule has 26 heavy (non-hydrogen) atoms. The molecule has 0 aromatic heterocycles. The maximum atomic E-state index is 12.2. The summed E-state index contributed by atoms with van der Waals surface area (Å²) in [7, 11) is -1.28. The first-order valence-corrected chi connectivity index (χ1v) is 8.13. The molecule has 3 rings (SSSR count). The summed E-state index contributed by atoms with van der Waals surface area (Å²) >= 11 is 0. The zero-order valence-corrected chi connectivity index (χ0v) is 14.1. The van der Waals surface area contributed by atoms with E-state index in [1.54, 1.807) is 18.2 Å². The summed E-state index contributed by atoms with van der Waals surface area (Å²) < 4.78 is 5.47. The number of amides is 1. The van der Waals surface area contributed by atoms with Gasteiger partial charge in [-0.2, -0.15) is 0 Å². The van der Waals surface area contributed by atoms with Gasteiger partial charge in [0.2, 0.25) is 5.91 Å². The van der Waals surface area contributed by atoms with Crippen molar-refractivity contribution >= 4 is 18.8 Å². The number of hydrogen-bond acceptors (Lipinski definition) is 6. The third-order valence-corrected chi connectivity index (χ3v) is 4.25. The highest BCUT2D eigenvalue weighted by atomic mass is 16.5. The van der Waals surface area contributed by atoms with Crippen LogP contribution in [0.2, 0.25) is 0 Å². The number of nitrogens with one attached hydrogen (secondary N) is 1. The molecule has 0 saturated carbocycles. The minimum atomic E-state index is -1.28. The Morgan fingerprint density at radius 2 is 2.00 bits per heavy atom. The number of Topliss-reactive ketones (excluding diaryl/α,β-unsaturated/α-hetero) is 1. The summed E-state index contributed by atoms with van der Waals surface area (Å²) in [5.41, 5.74) is 1.64. The molecule has 2 aromatic rings. The van der Waals surface area contributed by atoms with Crippen LogP contribution in [-0.2, 0) is 17.6 Å². The normalized spacial score (nSPS) is 15.8. The Morgan fingerprint density at radius 1 is 1.23 bits per heavy atom. The van der Waals surface area contributed by atoms with E-state index < -0.39 is 13.1 Å². The standard InChI is InChI=1S/C18H18BNO6/c1-10(21)13-4-2-3-12-9-16(19(25)26-18(12)13)20-17(24)8-11-5-6-14(22)15(23)7-11/h2-7,16,22-23,25H,8-9H2,1H3,(H,20,24)/t16-/m0/s1. The highest BCUT2D eigenvalue weighted by molar-refractivity contribution is 6.47. The Labute approximate surface area is 150 Å². The van der Waals surface area contributed by atoms with Crippen LogP contribution in [0.4, 0.5) is 0 Å². The molecule has 0 fully saturated rings. The van der Waals surface area contributed by atoms with Crippen LogP contribution >= 0.6 is 0 Å². The molecule has 0 unspecified atom stereocenters. The number of hydrogen-bond donors (Lipinski definition) is 4. The Kier molecular flexibility index (Phi) is 4.86. The molecule has 0 aliphatic carbocycles. The fourth-order valence-electron chi connectivity index (χ4n) is 2.95. The molecule has 0 saturated heterocycles. The van der Waals surface area contributed by atoms with Crippen molar-refractivity contribution in [3.63, 3.8) is 0 Å². The third kappa shape index (κ3) is 3.65. The van der Waals surface area contributed by atoms with Gasteiger partial charge in [-0.15, -0.1) is 0 Å². The van der Waals surface area contributed by atoms with E-state index >= 15 is 0 Å². The average molecular weight is 355 g/mol. The number of para-hydroxylation sites is 1. The fraction of sp³-hybridized carbons (Fsp3) is 0.222. The number of rotatable bonds is 4. The molecule has 0 bridgehead atoms. The van der Waals surface area contributed by atoms with Gasteiger partial charge in [-0.1, -0.05) is 18.2 Å². The smallest absolute Gasteiger partial charge is 0.534 e. The number of aromatic hydroxyl groups is 2. The maximum absolute atomic E-state index is 12.2. The van der Waals surface area contributed by atoms with Gasteiger partial charge in [0.05, 0.1) is 17.9 Å². The average Bonchev–Trinajstić information content (AvgIpc) is 2.58. The number of carbonyl (C=O) groups excluding carboxylic acids is 2. The van der Waals surface area contributed by atoms with E-state index in [2.05, 4.69) is 5.32 Å². The lowest BCUT2D eigenvalue weighted by atomic mass is 9.72. The van der Waals surface area contributed by atoms with E-state index in [1.165, 1.54) is 25.1 Å². The van der Waals surface area contributed by atoms with Gasteiger partial charge in [0.25, 0.3) is 0 Å². The molecule has 1 aliphatic heterocycles. The molecule has 7 nitrogen and oxygen atoms in total. The summed E-state index contributed by atoms with van der Waals surface area (Å²) in [5.74, 6) is -1.41. The Hall–Kier alpha value is -3.00. The van der Waals surface area contributed by atoms with Crippen LogP contribution < -0.4 is 9.97 Å². The largest absolute Gasteiger partial charge is 0.547 e. The summed E-state index contributed by atoms with van der Waals surface area (Å²) in [6.45, 7) is 1.42. The predicted molar refractivity (Wildman–Crippen MR) is 94.2 cm³/mol. The second kappa shape index (κ2) is 7.09. The number of phenols is 2. The minimum Gasteiger partial charge on any atom is -0.534 e. The number of carbonyl (C=O) groups is 2. The molecular weight excluding hydrogens is 337 g/mol. The molecule has 0 spiro atoms. The molecule has 1 aliphatic rings. The number of benzene rings is 2. The second-order valence-corrected chi connectivity index (χ2v) is 6.24. The van der Waals surface area contributed by atoms with Crippen molar-refractivity contribution in [1.82, 2.24) is 5.32 Å². The lowest BCUT2D eigenvalue weighted by Crippen LogP contribution is -2.53. The molecule has 1 amide bonds. The van der Waals surface area contributed by atoms with Gasteiger partial charge < -0.3 is 25.2 Å². The first-order chi connectivity index (χ1) is 12.3. The van der Waals surface area contributed by atoms with E-state index in [1.807, 2.05) is 0 Å². The van der Waals surface area contributed by atoms with Crippen LogP contribution in [0.15, 0.2) is 36.4 Å². The second-order valence-electron chi connectivity index (χ2n) is 6.24. The number of phenolic OH excluding ortho intramolecular Hbond substituents is 2. The molecular formula is C18H18BNO6. The Morgan fingerprint density at radius 3 is 2.69 bits per heavy atom. The van der Waals surface area contributed by atoms with Gasteiger partial charge in [-0.25, -0.2) is 0 Å². The van der Waals surface area contributed by atoms with Crippen molar-refractivity contribution in [3.05, 3.63) is 53.1 Å². The first kappa shape index (κ1) is 17.8. The van der Waals surface area contributed by atoms with E-state index in [9.17, 15) is 24.8 Å². The van der Waals surface area contributed by atoms with Gasteiger partial charge >= 0.3 is 7.12 Å². The Balaban J connectivity index is 1.70. The van der Waals surface area contributed by atoms with Gasteiger partial charge in [-0.3, -0.25) is 9.59 Å². The highest BCUT2D eigenvalue weighted by Crippen LogP contribution is 2.30. The maximum Gasteiger partial charge on any atom is 0.547 e. The van der Waals surface area contributed by atoms with Crippen LogP contribution in [0.5, 0.6) is 17.2 Å². The molecule has 1 atom stereocenters.